The molecular weight excluding hydrogens is 668 g/mol. The Kier molecular flexibility index (Phi) is 9.63. The van der Waals surface area contributed by atoms with Gasteiger partial charge in [-0.1, -0.05) is 12.1 Å². The van der Waals surface area contributed by atoms with Crippen LogP contribution in [0.2, 0.25) is 0 Å². The molecule has 0 aliphatic carbocycles. The maximum atomic E-state index is 12.2. The summed E-state index contributed by atoms with van der Waals surface area (Å²) in [7, 11) is 6.39. The van der Waals surface area contributed by atoms with Gasteiger partial charge in [0, 0.05) is 35.0 Å². The maximum absolute atomic E-state index is 12.2. The molecule has 0 saturated carbocycles. The summed E-state index contributed by atoms with van der Waals surface area (Å²) >= 11 is 0. The molecule has 3 aliphatic heterocycles. The van der Waals surface area contributed by atoms with Gasteiger partial charge in [0.05, 0.1) is 34.1 Å². The lowest BCUT2D eigenvalue weighted by Gasteiger charge is -2.23. The minimum absolute atomic E-state index is 0.201. The van der Waals surface area contributed by atoms with Crippen LogP contribution >= 0.6 is 0 Å². The van der Waals surface area contributed by atoms with Crippen molar-refractivity contribution in [2.24, 2.45) is 0 Å². The van der Waals surface area contributed by atoms with Crippen LogP contribution < -0.4 is 48.8 Å². The molecule has 0 spiro atoms. The molecule has 3 aliphatic rings. The van der Waals surface area contributed by atoms with Crippen LogP contribution in [0.5, 0.6) is 46.0 Å². The number of aliphatic hydroxyl groups is 1. The second-order valence-corrected chi connectivity index (χ2v) is 11.7. The number of ether oxygens (including phenoxy) is 8. The number of aromatic nitrogens is 1. The van der Waals surface area contributed by atoms with Crippen molar-refractivity contribution in [2.75, 3.05) is 42.0 Å². The van der Waals surface area contributed by atoms with E-state index in [0.29, 0.717) is 45.9 Å². The predicted molar refractivity (Wildman–Crippen MR) is 194 cm³/mol. The summed E-state index contributed by atoms with van der Waals surface area (Å²) in [6.07, 6.45) is 2.90. The van der Waals surface area contributed by atoms with Crippen LogP contribution in [0, 0.1) is 0 Å². The molecule has 8 rings (SSSR count). The van der Waals surface area contributed by atoms with Crippen LogP contribution in [-0.4, -0.2) is 58.3 Å². The Bertz CT molecular complexity index is 2240. The Morgan fingerprint density at radius 1 is 0.615 bits per heavy atom. The number of allylic oxidation sites excluding steroid dienone is 2. The summed E-state index contributed by atoms with van der Waals surface area (Å²) in [6.45, 7) is 0.439. The molecule has 0 bridgehead atoms. The normalized spacial score (nSPS) is 15.0. The molecule has 266 valence electrons. The number of nitrogens with one attached hydrogen (secondary N) is 2. The van der Waals surface area contributed by atoms with E-state index in [-0.39, 0.29) is 19.1 Å². The minimum Gasteiger partial charge on any atom is -0.497 e. The Morgan fingerprint density at radius 2 is 1.19 bits per heavy atom. The lowest BCUT2D eigenvalue weighted by Crippen LogP contribution is -2.28. The zero-order chi connectivity index (χ0) is 36.2. The third kappa shape index (κ3) is 7.05. The fourth-order valence-electron chi connectivity index (χ4n) is 6.00. The van der Waals surface area contributed by atoms with Crippen LogP contribution in [0.3, 0.4) is 0 Å². The van der Waals surface area contributed by atoms with Crippen molar-refractivity contribution in [1.29, 1.82) is 0 Å². The highest BCUT2D eigenvalue weighted by molar-refractivity contribution is 5.87. The molecule has 52 heavy (non-hydrogen) atoms. The fraction of sp³-hybridized carbons (Fsp3) is 0.175. The average molecular weight is 705 g/mol. The molecule has 0 fully saturated rings. The number of pyridine rings is 1. The fourth-order valence-corrected chi connectivity index (χ4v) is 6.00. The summed E-state index contributed by atoms with van der Waals surface area (Å²) in [5, 5.41) is 13.3. The molecule has 0 radical (unpaired) electrons. The summed E-state index contributed by atoms with van der Waals surface area (Å²) < 4.78 is 43.0. The van der Waals surface area contributed by atoms with Gasteiger partial charge in [0.1, 0.15) is 29.2 Å². The number of hydrogen-bond donors (Lipinski definition) is 3. The van der Waals surface area contributed by atoms with E-state index in [1.807, 2.05) is 78.9 Å². The van der Waals surface area contributed by atoms with E-state index in [1.54, 1.807) is 46.6 Å². The topological polar surface area (TPSA) is 139 Å². The van der Waals surface area contributed by atoms with Crippen molar-refractivity contribution in [3.8, 4) is 68.4 Å². The first-order valence-electron chi connectivity index (χ1n) is 16.2. The van der Waals surface area contributed by atoms with E-state index in [4.69, 9.17) is 37.9 Å². The molecule has 1 aromatic heterocycles. The molecule has 0 saturated heterocycles. The minimum atomic E-state index is -0.817. The molecule has 12 nitrogen and oxygen atoms in total. The standard InChI is InChI=1S/C20H19NO5.C20H17NO5/c2*1-23-14-4-5-15(18(10-14)24-2)16-7-13(9-20(22)21-16)12-3-6-17-19(8-12)26-11-25-17/h3-10,20-22H,11H2,1-2H3;3-10H,11H2,1-2H3,(H,21,22). The predicted octanol–water partition coefficient (Wildman–Crippen LogP) is 6.23. The van der Waals surface area contributed by atoms with Gasteiger partial charge in [-0.25, -0.2) is 0 Å². The summed E-state index contributed by atoms with van der Waals surface area (Å²) in [5.74, 6) is 5.46. The van der Waals surface area contributed by atoms with E-state index in [9.17, 15) is 9.90 Å². The molecule has 4 aromatic carbocycles. The van der Waals surface area contributed by atoms with Crippen molar-refractivity contribution in [3.63, 3.8) is 0 Å². The van der Waals surface area contributed by atoms with E-state index in [1.165, 1.54) is 0 Å². The molecule has 3 N–H and O–H groups in total. The van der Waals surface area contributed by atoms with Crippen LogP contribution in [0.1, 0.15) is 11.1 Å². The number of dihydropyridines is 1. The average Bonchev–Trinajstić information content (AvgIpc) is 3.86. The molecule has 0 amide bonds. The summed E-state index contributed by atoms with van der Waals surface area (Å²) in [5.41, 5.74) is 6.27. The quantitative estimate of drug-likeness (QED) is 0.169. The van der Waals surface area contributed by atoms with Crippen LogP contribution in [0.25, 0.3) is 33.7 Å². The summed E-state index contributed by atoms with van der Waals surface area (Å²) in [6, 6.07) is 25.8. The smallest absolute Gasteiger partial charge is 0.249 e. The van der Waals surface area contributed by atoms with Gasteiger partial charge in [-0.3, -0.25) is 4.79 Å². The van der Waals surface area contributed by atoms with Crippen LogP contribution in [-0.2, 0) is 0 Å². The number of hydrogen-bond acceptors (Lipinski definition) is 11. The first-order valence-corrected chi connectivity index (χ1v) is 16.2. The van der Waals surface area contributed by atoms with Gasteiger partial charge in [-0.2, -0.15) is 0 Å². The third-order valence-corrected chi connectivity index (χ3v) is 8.59. The van der Waals surface area contributed by atoms with Gasteiger partial charge in [-0.15, -0.1) is 0 Å². The van der Waals surface area contributed by atoms with E-state index < -0.39 is 6.23 Å². The van der Waals surface area contributed by atoms with Crippen LogP contribution in [0.15, 0.2) is 102 Å². The van der Waals surface area contributed by atoms with Crippen molar-refractivity contribution < 1.29 is 43.0 Å². The number of benzene rings is 4. The molecular formula is C40H36N2O10. The molecule has 4 heterocycles. The zero-order valence-electron chi connectivity index (χ0n) is 28.9. The van der Waals surface area contributed by atoms with E-state index >= 15 is 0 Å². The van der Waals surface area contributed by atoms with E-state index in [0.717, 1.165) is 44.8 Å². The van der Waals surface area contributed by atoms with Crippen molar-refractivity contribution >= 4 is 11.3 Å². The number of fused-ring (bicyclic) bond motifs is 2. The summed E-state index contributed by atoms with van der Waals surface area (Å²) in [4.78, 5) is 15.1. The number of H-pyrrole nitrogens is 1. The van der Waals surface area contributed by atoms with Crippen molar-refractivity contribution in [1.82, 2.24) is 10.3 Å². The number of aromatic amines is 1. The van der Waals surface area contributed by atoms with Crippen molar-refractivity contribution in [2.45, 2.75) is 6.23 Å². The maximum Gasteiger partial charge on any atom is 0.249 e. The molecule has 1 unspecified atom stereocenters. The largest absolute Gasteiger partial charge is 0.497 e. The van der Waals surface area contributed by atoms with Gasteiger partial charge in [0.25, 0.3) is 0 Å². The lowest BCUT2D eigenvalue weighted by atomic mass is 9.98. The van der Waals surface area contributed by atoms with Gasteiger partial charge >= 0.3 is 0 Å². The zero-order valence-corrected chi connectivity index (χ0v) is 28.9. The monoisotopic (exact) mass is 704 g/mol. The highest BCUT2D eigenvalue weighted by Crippen LogP contribution is 2.39. The van der Waals surface area contributed by atoms with Crippen LogP contribution in [0.4, 0.5) is 0 Å². The SMILES string of the molecule is COc1ccc(-c2cc(-c3ccc4c(c3)OCO4)cc(=O)[nH]2)c(OC)c1.COc1ccc(C2=CC(c3ccc4c(c3)OCO4)=CC(O)N2)c(OC)c1. The van der Waals surface area contributed by atoms with Gasteiger partial charge in [0.2, 0.25) is 19.1 Å². The Labute approximate surface area is 299 Å². The van der Waals surface area contributed by atoms with E-state index in [2.05, 4.69) is 10.3 Å². The number of rotatable bonds is 8. The molecule has 1 atom stereocenters. The van der Waals surface area contributed by atoms with Gasteiger partial charge in [0.15, 0.2) is 23.0 Å². The second kappa shape index (κ2) is 14.8. The number of aliphatic hydroxyl groups excluding tert-OH is 1. The Morgan fingerprint density at radius 3 is 1.83 bits per heavy atom. The molecule has 5 aromatic rings. The lowest BCUT2D eigenvalue weighted by molar-refractivity contribution is 0.173. The highest BCUT2D eigenvalue weighted by atomic mass is 16.7. The Hall–Kier alpha value is -6.53. The van der Waals surface area contributed by atoms with Gasteiger partial charge < -0.3 is 53.3 Å². The second-order valence-electron chi connectivity index (χ2n) is 11.7. The van der Waals surface area contributed by atoms with Crippen molar-refractivity contribution in [3.05, 3.63) is 119 Å². The first-order chi connectivity index (χ1) is 25.3. The third-order valence-electron chi connectivity index (χ3n) is 8.59. The highest BCUT2D eigenvalue weighted by Gasteiger charge is 2.21. The van der Waals surface area contributed by atoms with Gasteiger partial charge in [-0.05, 0) is 89.0 Å². The Balaban J connectivity index is 0.000000162. The number of methoxy groups -OCH3 is 4. The first kappa shape index (κ1) is 33.9. The molecule has 12 heteroatoms.